The fourth-order valence-electron chi connectivity index (χ4n) is 5.76. The summed E-state index contributed by atoms with van der Waals surface area (Å²) in [6, 6.07) is 22.8. The summed E-state index contributed by atoms with van der Waals surface area (Å²) < 4.78 is 2.32. The summed E-state index contributed by atoms with van der Waals surface area (Å²) in [7, 11) is 3.36. The fourth-order valence-corrected chi connectivity index (χ4v) is 5.76. The van der Waals surface area contributed by atoms with Gasteiger partial charge in [-0.25, -0.2) is 15.1 Å². The van der Waals surface area contributed by atoms with Crippen molar-refractivity contribution in [3.8, 4) is 22.5 Å². The number of hydrogen-bond acceptors (Lipinski definition) is 7. The van der Waals surface area contributed by atoms with Gasteiger partial charge < -0.3 is 14.6 Å². The third-order valence-corrected chi connectivity index (χ3v) is 8.36. The Kier molecular flexibility index (Phi) is 9.11. The number of fused-ring (bicyclic) bond motifs is 1. The van der Waals surface area contributed by atoms with Gasteiger partial charge >= 0.3 is 51.4 Å². The number of carbonyl (C=O) groups is 2. The molecule has 1 saturated carbocycles. The largest absolute Gasteiger partial charge is 1.00 e. The fraction of sp³-hybridized carbons (Fsp3) is 0.303. The molecule has 1 fully saturated rings. The van der Waals surface area contributed by atoms with E-state index in [4.69, 9.17) is 4.98 Å². The Balaban J connectivity index is 0.00000357. The van der Waals surface area contributed by atoms with Crippen LogP contribution in [0.4, 0.5) is 0 Å². The number of rotatable bonds is 8. The van der Waals surface area contributed by atoms with Crippen LogP contribution >= 0.6 is 0 Å². The van der Waals surface area contributed by atoms with Crippen molar-refractivity contribution in [3.63, 3.8) is 0 Å². The van der Waals surface area contributed by atoms with Crippen molar-refractivity contribution in [2.24, 2.45) is 11.0 Å². The summed E-state index contributed by atoms with van der Waals surface area (Å²) in [6.45, 7) is 2.62. The zero-order chi connectivity index (χ0) is 30.4. The third kappa shape index (κ3) is 6.43. The molecule has 2 aliphatic rings. The third-order valence-electron chi connectivity index (χ3n) is 8.36. The van der Waals surface area contributed by atoms with Gasteiger partial charge in [-0.2, -0.15) is 5.10 Å². The van der Waals surface area contributed by atoms with Crippen molar-refractivity contribution in [2.75, 3.05) is 20.6 Å². The Hall–Kier alpha value is -3.55. The Bertz CT molecular complexity index is 1890. The molecule has 0 N–H and O–H groups in total. The molecule has 1 aliphatic carbocycles. The molecule has 0 radical (unpaired) electrons. The summed E-state index contributed by atoms with van der Waals surface area (Å²) in [4.78, 5) is 31.6. The molecule has 7 rings (SSSR count). The van der Waals surface area contributed by atoms with Crippen LogP contribution in [0.15, 0.2) is 71.8 Å². The van der Waals surface area contributed by atoms with E-state index in [0.717, 1.165) is 63.2 Å². The predicted molar refractivity (Wildman–Crippen MR) is 166 cm³/mol. The Morgan fingerprint density at radius 2 is 1.73 bits per heavy atom. The normalized spacial score (nSPS) is 16.4. The number of likely N-dealkylation sites (N-methyl/N-ethyl adjacent to an activating group) is 1. The topological polar surface area (TPSA) is 124 Å². The van der Waals surface area contributed by atoms with Crippen LogP contribution in [0.25, 0.3) is 33.5 Å². The van der Waals surface area contributed by atoms with Crippen LogP contribution in [0.5, 0.6) is 0 Å². The van der Waals surface area contributed by atoms with Crippen LogP contribution in [0, 0.1) is 5.92 Å². The van der Waals surface area contributed by atoms with Crippen LogP contribution in [0.2, 0.25) is 0 Å². The number of carbonyl (C=O) groups excluding carboxylic acids is 2. The standard InChI is InChI=1S/C33H32N9O2.K/c1-20-16-29(43)42(19-30(44)40(2)3)37-31(20)24-14-15-27-28(17-24)41(33(34-27)23-12-13-23)18-21-8-10-22(11-9-21)25-6-4-5-7-26(25)32-35-38-39-36-32;/h4-11,14-15,17,20,23H,12-13,16,18-19H2,1-3H3;/q-1;+1. The number of benzene rings is 3. The first-order chi connectivity index (χ1) is 21.4. The maximum Gasteiger partial charge on any atom is 1.00 e. The molecule has 1 atom stereocenters. The first-order valence-electron chi connectivity index (χ1n) is 14.8. The van der Waals surface area contributed by atoms with Gasteiger partial charge in [0.1, 0.15) is 12.4 Å². The van der Waals surface area contributed by atoms with E-state index >= 15 is 0 Å². The van der Waals surface area contributed by atoms with Gasteiger partial charge in [0.25, 0.3) is 0 Å². The maximum atomic E-state index is 12.7. The molecular formula is C33H32KN9O2. The summed E-state index contributed by atoms with van der Waals surface area (Å²) in [5.41, 5.74) is 7.86. The van der Waals surface area contributed by atoms with Gasteiger partial charge in [-0.1, -0.05) is 61.5 Å². The number of nitrogens with zero attached hydrogens (tertiary/aromatic N) is 9. The van der Waals surface area contributed by atoms with E-state index in [2.05, 4.69) is 66.7 Å². The Labute approximate surface area is 303 Å². The van der Waals surface area contributed by atoms with Gasteiger partial charge in [-0.3, -0.25) is 20.0 Å². The number of aromatic nitrogens is 6. The van der Waals surface area contributed by atoms with Crippen molar-refractivity contribution in [3.05, 3.63) is 83.7 Å². The van der Waals surface area contributed by atoms with Crippen LogP contribution in [0.3, 0.4) is 0 Å². The van der Waals surface area contributed by atoms with Gasteiger partial charge in [-0.15, -0.1) is 0 Å². The second-order valence-electron chi connectivity index (χ2n) is 11.8. The molecule has 45 heavy (non-hydrogen) atoms. The van der Waals surface area contributed by atoms with Gasteiger partial charge in [-0.05, 0) is 41.7 Å². The van der Waals surface area contributed by atoms with E-state index in [1.165, 1.54) is 9.91 Å². The van der Waals surface area contributed by atoms with Gasteiger partial charge in [0.15, 0.2) is 0 Å². The molecule has 0 spiro atoms. The van der Waals surface area contributed by atoms with E-state index < -0.39 is 0 Å². The Morgan fingerprint density at radius 3 is 2.42 bits per heavy atom. The first kappa shape index (κ1) is 31.4. The molecule has 11 nitrogen and oxygen atoms in total. The number of tetrazole rings is 1. The molecule has 222 valence electrons. The zero-order valence-corrected chi connectivity index (χ0v) is 29.0. The SMILES string of the molecule is CC1CC(=O)N(CC(=O)N(C)C)N=C1c1ccc2nc(C3CC3)n(Cc3ccc(-c4ccccc4-c4nn[n-]n4)cc3)c2c1.[K+]. The minimum Gasteiger partial charge on any atom is -0.347 e. The average Bonchev–Trinajstić information content (AvgIpc) is 3.60. The van der Waals surface area contributed by atoms with Crippen molar-refractivity contribution in [1.82, 2.24) is 40.1 Å². The van der Waals surface area contributed by atoms with E-state index in [1.54, 1.807) is 14.1 Å². The van der Waals surface area contributed by atoms with E-state index in [1.807, 2.05) is 37.3 Å². The number of hydrazone groups is 1. The first-order valence-corrected chi connectivity index (χ1v) is 14.8. The molecular weight excluding hydrogens is 594 g/mol. The molecule has 1 unspecified atom stereocenters. The van der Waals surface area contributed by atoms with Crippen LogP contribution < -0.4 is 56.6 Å². The zero-order valence-electron chi connectivity index (χ0n) is 25.9. The molecule has 3 heterocycles. The summed E-state index contributed by atoms with van der Waals surface area (Å²) in [5.74, 6) is 1.70. The van der Waals surface area contributed by atoms with Crippen LogP contribution in [0.1, 0.15) is 49.1 Å². The minimum absolute atomic E-state index is 0. The van der Waals surface area contributed by atoms with Gasteiger partial charge in [0.05, 0.1) is 22.6 Å². The maximum absolute atomic E-state index is 12.7. The second kappa shape index (κ2) is 13.0. The summed E-state index contributed by atoms with van der Waals surface area (Å²) >= 11 is 0. The quantitative estimate of drug-likeness (QED) is 0.237. The monoisotopic (exact) mass is 625 g/mol. The van der Waals surface area contributed by atoms with Crippen LogP contribution in [-0.4, -0.2) is 73.0 Å². The predicted octanol–water partition coefficient (Wildman–Crippen LogP) is 1.10. The van der Waals surface area contributed by atoms with Gasteiger partial charge in [0, 0.05) is 50.0 Å². The molecule has 2 amide bonds. The molecule has 2 aromatic heterocycles. The van der Waals surface area contributed by atoms with Crippen LogP contribution in [-0.2, 0) is 16.1 Å². The molecule has 12 heteroatoms. The van der Waals surface area contributed by atoms with E-state index in [0.29, 0.717) is 24.7 Å². The molecule has 5 aromatic rings. The van der Waals surface area contributed by atoms with Crippen molar-refractivity contribution in [1.29, 1.82) is 0 Å². The van der Waals surface area contributed by atoms with Crippen molar-refractivity contribution >= 4 is 28.6 Å². The Morgan fingerprint density at radius 1 is 1.00 bits per heavy atom. The molecule has 3 aromatic carbocycles. The molecule has 1 aliphatic heterocycles. The minimum atomic E-state index is -0.165. The molecule has 0 saturated heterocycles. The summed E-state index contributed by atoms with van der Waals surface area (Å²) in [6.07, 6.45) is 2.59. The summed E-state index contributed by atoms with van der Waals surface area (Å²) in [5, 5.41) is 21.4. The van der Waals surface area contributed by atoms with Crippen molar-refractivity contribution < 1.29 is 61.0 Å². The number of amides is 2. The van der Waals surface area contributed by atoms with E-state index in [9.17, 15) is 9.59 Å². The number of hydrogen-bond donors (Lipinski definition) is 0. The van der Waals surface area contributed by atoms with Crippen molar-refractivity contribution in [2.45, 2.75) is 38.6 Å². The smallest absolute Gasteiger partial charge is 0.347 e. The second-order valence-corrected chi connectivity index (χ2v) is 11.8. The number of imidazole rings is 1. The van der Waals surface area contributed by atoms with Gasteiger partial charge in [0.2, 0.25) is 11.8 Å². The molecule has 0 bridgehead atoms. The average molecular weight is 626 g/mol. The van der Waals surface area contributed by atoms with E-state index in [-0.39, 0.29) is 75.7 Å².